The zero-order valence-corrected chi connectivity index (χ0v) is 16.9. The van der Waals surface area contributed by atoms with Gasteiger partial charge in [-0.3, -0.25) is 14.8 Å². The van der Waals surface area contributed by atoms with Crippen molar-refractivity contribution in [3.63, 3.8) is 0 Å². The summed E-state index contributed by atoms with van der Waals surface area (Å²) in [7, 11) is 0. The second kappa shape index (κ2) is 7.17. The minimum atomic E-state index is 0.129. The van der Waals surface area contributed by atoms with Gasteiger partial charge in [0.2, 0.25) is 5.91 Å². The highest BCUT2D eigenvalue weighted by atomic mass is 32.2. The first kappa shape index (κ1) is 17.6. The zero-order valence-electron chi connectivity index (χ0n) is 15.3. The van der Waals surface area contributed by atoms with E-state index in [4.69, 9.17) is 0 Å². The molecule has 4 aliphatic rings. The molecule has 0 aliphatic heterocycles. The lowest BCUT2D eigenvalue weighted by atomic mass is 9.56. The van der Waals surface area contributed by atoms with Crippen molar-refractivity contribution in [2.45, 2.75) is 49.8 Å². The second-order valence-electron chi connectivity index (χ2n) is 8.40. The molecule has 4 bridgehead atoms. The third kappa shape index (κ3) is 3.76. The maximum absolute atomic E-state index is 12.4. The van der Waals surface area contributed by atoms with Gasteiger partial charge in [0.05, 0.1) is 24.2 Å². The molecule has 2 aromatic rings. The summed E-state index contributed by atoms with van der Waals surface area (Å²) in [4.78, 5) is 25.3. The van der Waals surface area contributed by atoms with Crippen molar-refractivity contribution in [1.82, 2.24) is 20.3 Å². The number of amides is 1. The normalized spacial score (nSPS) is 31.2. The van der Waals surface area contributed by atoms with Crippen molar-refractivity contribution < 1.29 is 4.79 Å². The van der Waals surface area contributed by atoms with Crippen LogP contribution in [-0.4, -0.2) is 31.4 Å². The molecule has 2 heterocycles. The standard InChI is InChI=1S/C20H24N4OS2/c25-18(12-27-20-6-13-3-14(7-20)5-15(4-13)8-20)23-9-16-11-26-19(24-16)17-10-21-1-2-22-17/h1-2,10-11,13-15H,3-9,12H2,(H,23,25). The van der Waals surface area contributed by atoms with Gasteiger partial charge in [0, 0.05) is 22.5 Å². The average Bonchev–Trinajstić information content (AvgIpc) is 3.14. The molecule has 4 fully saturated rings. The van der Waals surface area contributed by atoms with Crippen LogP contribution < -0.4 is 5.32 Å². The number of nitrogens with zero attached hydrogens (tertiary/aromatic N) is 3. The van der Waals surface area contributed by atoms with E-state index >= 15 is 0 Å². The molecule has 1 N–H and O–H groups in total. The van der Waals surface area contributed by atoms with Gasteiger partial charge in [-0.15, -0.1) is 23.1 Å². The quantitative estimate of drug-likeness (QED) is 0.796. The number of aromatic nitrogens is 3. The summed E-state index contributed by atoms with van der Waals surface area (Å²) in [5, 5.41) is 5.87. The van der Waals surface area contributed by atoms with E-state index in [0.29, 0.717) is 17.0 Å². The van der Waals surface area contributed by atoms with Gasteiger partial charge in [-0.05, 0) is 56.3 Å². The lowest BCUT2D eigenvalue weighted by Gasteiger charge is -2.56. The predicted octanol–water partition coefficient (Wildman–Crippen LogP) is 3.92. The Hall–Kier alpha value is -1.47. The van der Waals surface area contributed by atoms with Gasteiger partial charge in [-0.25, -0.2) is 4.98 Å². The van der Waals surface area contributed by atoms with Crippen molar-refractivity contribution in [2.24, 2.45) is 17.8 Å². The highest BCUT2D eigenvalue weighted by molar-refractivity contribution is 8.01. The summed E-state index contributed by atoms with van der Waals surface area (Å²) in [5.41, 5.74) is 1.66. The lowest BCUT2D eigenvalue weighted by molar-refractivity contribution is -0.118. The fraction of sp³-hybridized carbons (Fsp3) is 0.600. The Morgan fingerprint density at radius 1 is 1.19 bits per heavy atom. The summed E-state index contributed by atoms with van der Waals surface area (Å²) in [6.45, 7) is 0.483. The fourth-order valence-electron chi connectivity index (χ4n) is 5.58. The van der Waals surface area contributed by atoms with Crippen LogP contribution in [-0.2, 0) is 11.3 Å². The minimum Gasteiger partial charge on any atom is -0.350 e. The lowest BCUT2D eigenvalue weighted by Crippen LogP contribution is -2.49. The summed E-state index contributed by atoms with van der Waals surface area (Å²) in [5.74, 6) is 3.50. The number of carbonyl (C=O) groups excluding carboxylic acids is 1. The molecule has 1 amide bonds. The number of thiazole rings is 1. The van der Waals surface area contributed by atoms with Crippen molar-refractivity contribution >= 4 is 29.0 Å². The van der Waals surface area contributed by atoms with Gasteiger partial charge in [0.25, 0.3) is 0 Å². The van der Waals surface area contributed by atoms with E-state index in [-0.39, 0.29) is 5.91 Å². The highest BCUT2D eigenvalue weighted by Crippen LogP contribution is 2.60. The molecule has 27 heavy (non-hydrogen) atoms. The smallest absolute Gasteiger partial charge is 0.230 e. The average molecular weight is 401 g/mol. The van der Waals surface area contributed by atoms with E-state index in [0.717, 1.165) is 34.1 Å². The predicted molar refractivity (Wildman–Crippen MR) is 108 cm³/mol. The van der Waals surface area contributed by atoms with Crippen LogP contribution in [0.3, 0.4) is 0 Å². The molecule has 7 heteroatoms. The van der Waals surface area contributed by atoms with Gasteiger partial charge in [-0.1, -0.05) is 0 Å². The van der Waals surface area contributed by atoms with Crippen molar-refractivity contribution in [3.05, 3.63) is 29.7 Å². The molecule has 0 radical (unpaired) electrons. The van der Waals surface area contributed by atoms with Crippen LogP contribution in [0.5, 0.6) is 0 Å². The number of carbonyl (C=O) groups is 1. The molecule has 0 spiro atoms. The first-order valence-corrected chi connectivity index (χ1v) is 11.7. The molecule has 4 saturated carbocycles. The topological polar surface area (TPSA) is 67.8 Å². The number of nitrogens with one attached hydrogen (secondary N) is 1. The Balaban J connectivity index is 1.13. The van der Waals surface area contributed by atoms with Gasteiger partial charge in [0.15, 0.2) is 0 Å². The molecular formula is C20H24N4OS2. The van der Waals surface area contributed by atoms with Crippen molar-refractivity contribution in [1.29, 1.82) is 0 Å². The van der Waals surface area contributed by atoms with E-state index < -0.39 is 0 Å². The summed E-state index contributed by atoms with van der Waals surface area (Å²) < 4.78 is 0.395. The Bertz CT molecular complexity index is 787. The van der Waals surface area contributed by atoms with Crippen LogP contribution in [0, 0.1) is 17.8 Å². The number of hydrogen-bond acceptors (Lipinski definition) is 6. The summed E-state index contributed by atoms with van der Waals surface area (Å²) in [6, 6.07) is 0. The molecule has 5 nitrogen and oxygen atoms in total. The molecule has 0 unspecified atom stereocenters. The van der Waals surface area contributed by atoms with E-state index in [1.807, 2.05) is 17.1 Å². The molecule has 2 aromatic heterocycles. The molecular weight excluding hydrogens is 376 g/mol. The highest BCUT2D eigenvalue weighted by Gasteiger charge is 2.51. The van der Waals surface area contributed by atoms with Crippen LogP contribution in [0.2, 0.25) is 0 Å². The van der Waals surface area contributed by atoms with Crippen LogP contribution in [0.15, 0.2) is 24.0 Å². The van der Waals surface area contributed by atoms with Gasteiger partial charge >= 0.3 is 0 Å². The van der Waals surface area contributed by atoms with Crippen LogP contribution in [0.1, 0.15) is 44.2 Å². The molecule has 6 rings (SSSR count). The van der Waals surface area contributed by atoms with E-state index in [1.165, 1.54) is 49.9 Å². The Morgan fingerprint density at radius 3 is 2.59 bits per heavy atom. The summed E-state index contributed by atoms with van der Waals surface area (Å²) >= 11 is 3.47. The maximum atomic E-state index is 12.4. The van der Waals surface area contributed by atoms with E-state index in [2.05, 4.69) is 20.3 Å². The fourth-order valence-corrected chi connectivity index (χ4v) is 7.96. The van der Waals surface area contributed by atoms with Gasteiger partial charge in [0.1, 0.15) is 10.7 Å². The Morgan fingerprint density at radius 2 is 1.93 bits per heavy atom. The van der Waals surface area contributed by atoms with Gasteiger partial charge < -0.3 is 5.32 Å². The Kier molecular flexibility index (Phi) is 4.68. The van der Waals surface area contributed by atoms with E-state index in [9.17, 15) is 4.79 Å². The first-order valence-electron chi connectivity index (χ1n) is 9.79. The number of rotatable bonds is 6. The number of hydrogen-bond donors (Lipinski definition) is 1. The zero-order chi connectivity index (χ0) is 18.3. The number of thioether (sulfide) groups is 1. The van der Waals surface area contributed by atoms with Crippen molar-refractivity contribution in [3.8, 4) is 10.7 Å². The third-order valence-corrected chi connectivity index (χ3v) is 8.72. The van der Waals surface area contributed by atoms with Gasteiger partial charge in [-0.2, -0.15) is 0 Å². The first-order chi connectivity index (χ1) is 13.2. The maximum Gasteiger partial charge on any atom is 0.230 e. The van der Waals surface area contributed by atoms with Crippen LogP contribution >= 0.6 is 23.1 Å². The summed E-state index contributed by atoms with van der Waals surface area (Å²) in [6.07, 6.45) is 13.4. The van der Waals surface area contributed by atoms with E-state index in [1.54, 1.807) is 18.6 Å². The second-order valence-corrected chi connectivity index (χ2v) is 10.7. The minimum absolute atomic E-state index is 0.129. The van der Waals surface area contributed by atoms with Crippen molar-refractivity contribution in [2.75, 3.05) is 5.75 Å². The third-order valence-electron chi connectivity index (χ3n) is 6.29. The molecule has 142 valence electrons. The largest absolute Gasteiger partial charge is 0.350 e. The molecule has 0 atom stereocenters. The van der Waals surface area contributed by atoms with Crippen LogP contribution in [0.4, 0.5) is 0 Å². The molecule has 0 aromatic carbocycles. The monoisotopic (exact) mass is 400 g/mol. The van der Waals surface area contributed by atoms with Crippen LogP contribution in [0.25, 0.3) is 10.7 Å². The molecule has 4 aliphatic carbocycles. The SMILES string of the molecule is O=C(CSC12CC3CC(CC(C3)C1)C2)NCc1csc(-c2cnccn2)n1. The molecule has 0 saturated heterocycles. The Labute approximate surface area is 167 Å².